The van der Waals surface area contributed by atoms with Crippen LogP contribution < -0.4 is 5.73 Å². The first-order valence-electron chi connectivity index (χ1n) is 6.31. The molecule has 0 amide bonds. The highest BCUT2D eigenvalue weighted by Crippen LogP contribution is 2.22. The van der Waals surface area contributed by atoms with Crippen LogP contribution in [0, 0.1) is 5.82 Å². The van der Waals surface area contributed by atoms with Crippen molar-refractivity contribution in [1.82, 2.24) is 14.8 Å². The van der Waals surface area contributed by atoms with Crippen molar-refractivity contribution in [2.75, 3.05) is 5.73 Å². The Morgan fingerprint density at radius 3 is 2.81 bits per heavy atom. The van der Waals surface area contributed by atoms with Crippen LogP contribution in [0.2, 0.25) is 0 Å². The highest BCUT2D eigenvalue weighted by atomic mass is 79.9. The largest absolute Gasteiger partial charge is 0.396 e. The molecule has 1 aromatic carbocycles. The van der Waals surface area contributed by atoms with Gasteiger partial charge in [-0.2, -0.15) is 5.10 Å². The van der Waals surface area contributed by atoms with Crippen LogP contribution in [-0.2, 0) is 6.54 Å². The third kappa shape index (κ3) is 3.11. The van der Waals surface area contributed by atoms with Gasteiger partial charge in [-0.1, -0.05) is 28.1 Å². The van der Waals surface area contributed by atoms with E-state index in [4.69, 9.17) is 5.73 Å². The van der Waals surface area contributed by atoms with Gasteiger partial charge in [-0.25, -0.2) is 4.39 Å². The maximum atomic E-state index is 12.9. The molecule has 21 heavy (non-hydrogen) atoms. The lowest BCUT2D eigenvalue weighted by atomic mass is 10.2. The number of nitrogens with zero attached hydrogens (tertiary/aromatic N) is 3. The molecule has 0 unspecified atom stereocenters. The van der Waals surface area contributed by atoms with E-state index < -0.39 is 0 Å². The van der Waals surface area contributed by atoms with Gasteiger partial charge in [0.15, 0.2) is 0 Å². The van der Waals surface area contributed by atoms with Crippen LogP contribution in [0.15, 0.2) is 53.3 Å². The normalized spacial score (nSPS) is 10.8. The van der Waals surface area contributed by atoms with Crippen LogP contribution in [0.5, 0.6) is 0 Å². The Bertz CT molecular complexity index is 768. The first-order chi connectivity index (χ1) is 10.1. The summed E-state index contributed by atoms with van der Waals surface area (Å²) in [4.78, 5) is 4.01. The molecule has 3 aromatic rings. The first kappa shape index (κ1) is 13.8. The zero-order valence-electron chi connectivity index (χ0n) is 11.0. The molecule has 2 heterocycles. The molecular weight excluding hydrogens is 335 g/mol. The summed E-state index contributed by atoms with van der Waals surface area (Å²) in [6, 6.07) is 10.9. The lowest BCUT2D eigenvalue weighted by molar-refractivity contribution is 0.621. The topological polar surface area (TPSA) is 56.7 Å². The van der Waals surface area contributed by atoms with E-state index in [1.165, 1.54) is 6.07 Å². The fourth-order valence-electron chi connectivity index (χ4n) is 2.06. The van der Waals surface area contributed by atoms with Crippen molar-refractivity contribution in [3.05, 3.63) is 64.6 Å². The average molecular weight is 347 g/mol. The lowest BCUT2D eigenvalue weighted by Crippen LogP contribution is -2.00. The number of halogens is 2. The highest BCUT2D eigenvalue weighted by Gasteiger charge is 2.10. The molecule has 0 bridgehead atoms. The molecule has 0 fully saturated rings. The van der Waals surface area contributed by atoms with Gasteiger partial charge in [0.2, 0.25) is 0 Å². The third-order valence-corrected chi connectivity index (χ3v) is 3.49. The summed E-state index contributed by atoms with van der Waals surface area (Å²) < 4.78 is 15.7. The highest BCUT2D eigenvalue weighted by molar-refractivity contribution is 9.10. The lowest BCUT2D eigenvalue weighted by Gasteiger charge is -2.02. The average Bonchev–Trinajstić information content (AvgIpc) is 2.80. The van der Waals surface area contributed by atoms with E-state index in [1.54, 1.807) is 16.9 Å². The van der Waals surface area contributed by atoms with Crippen molar-refractivity contribution in [2.45, 2.75) is 6.54 Å². The number of pyridine rings is 1. The van der Waals surface area contributed by atoms with Gasteiger partial charge in [-0.15, -0.1) is 0 Å². The Balaban J connectivity index is 1.89. The van der Waals surface area contributed by atoms with Crippen LogP contribution in [0.1, 0.15) is 5.56 Å². The fraction of sp³-hybridized carbons (Fsp3) is 0.0667. The molecular formula is C15H12BrFN4. The van der Waals surface area contributed by atoms with Gasteiger partial charge < -0.3 is 5.73 Å². The number of hydrogen-bond donors (Lipinski definition) is 1. The Labute approximate surface area is 129 Å². The van der Waals surface area contributed by atoms with Crippen molar-refractivity contribution < 1.29 is 4.39 Å². The van der Waals surface area contributed by atoms with Crippen LogP contribution >= 0.6 is 15.9 Å². The minimum absolute atomic E-state index is 0.383. The fourth-order valence-corrected chi connectivity index (χ4v) is 2.50. The summed E-state index contributed by atoms with van der Waals surface area (Å²) in [5.74, 6) is -0.383. The Morgan fingerprint density at radius 2 is 2.10 bits per heavy atom. The molecule has 2 N–H and O–H groups in total. The number of benzene rings is 1. The van der Waals surface area contributed by atoms with E-state index in [0.29, 0.717) is 23.6 Å². The van der Waals surface area contributed by atoms with E-state index in [2.05, 4.69) is 26.0 Å². The molecule has 4 nitrogen and oxygen atoms in total. The molecule has 0 aliphatic heterocycles. The second kappa shape index (κ2) is 5.65. The molecule has 0 atom stereocenters. The Kier molecular flexibility index (Phi) is 3.70. The van der Waals surface area contributed by atoms with Gasteiger partial charge in [-0.3, -0.25) is 9.67 Å². The predicted octanol–water partition coefficient (Wildman–Crippen LogP) is 3.48. The molecule has 6 heteroatoms. The monoisotopic (exact) mass is 346 g/mol. The summed E-state index contributed by atoms with van der Waals surface area (Å²) in [5.41, 5.74) is 8.71. The molecule has 2 aromatic heterocycles. The first-order valence-corrected chi connectivity index (χ1v) is 7.10. The quantitative estimate of drug-likeness (QED) is 0.789. The number of aromatic nitrogens is 3. The molecule has 0 saturated carbocycles. The van der Waals surface area contributed by atoms with Gasteiger partial charge in [0.05, 0.1) is 24.1 Å². The van der Waals surface area contributed by atoms with Crippen molar-refractivity contribution in [2.24, 2.45) is 0 Å². The minimum Gasteiger partial charge on any atom is -0.396 e. The van der Waals surface area contributed by atoms with Gasteiger partial charge in [-0.05, 0) is 29.8 Å². The van der Waals surface area contributed by atoms with E-state index in [1.807, 2.05) is 24.3 Å². The van der Waals surface area contributed by atoms with Crippen LogP contribution in [0.25, 0.3) is 11.4 Å². The van der Waals surface area contributed by atoms with Crippen LogP contribution in [0.4, 0.5) is 10.1 Å². The third-order valence-electron chi connectivity index (χ3n) is 2.99. The van der Waals surface area contributed by atoms with Gasteiger partial charge in [0.25, 0.3) is 0 Å². The second-order valence-electron chi connectivity index (χ2n) is 4.62. The molecule has 3 rings (SSSR count). The van der Waals surface area contributed by atoms with Crippen molar-refractivity contribution in [3.63, 3.8) is 0 Å². The number of rotatable bonds is 3. The van der Waals surface area contributed by atoms with Gasteiger partial charge >= 0.3 is 0 Å². The molecule has 106 valence electrons. The molecule has 0 aliphatic rings. The van der Waals surface area contributed by atoms with E-state index in [9.17, 15) is 4.39 Å². The van der Waals surface area contributed by atoms with Gasteiger partial charge in [0.1, 0.15) is 11.5 Å². The zero-order valence-corrected chi connectivity index (χ0v) is 12.6. The predicted molar refractivity (Wildman–Crippen MR) is 83.1 cm³/mol. The molecule has 0 spiro atoms. The molecule has 0 aliphatic carbocycles. The minimum atomic E-state index is -0.383. The summed E-state index contributed by atoms with van der Waals surface area (Å²) in [6.07, 6.45) is 2.91. The van der Waals surface area contributed by atoms with Crippen molar-refractivity contribution in [1.29, 1.82) is 0 Å². The van der Waals surface area contributed by atoms with E-state index in [-0.39, 0.29) is 5.82 Å². The number of nitrogens with two attached hydrogens (primary N) is 1. The number of hydrogen-bond acceptors (Lipinski definition) is 3. The summed E-state index contributed by atoms with van der Waals surface area (Å²) in [6.45, 7) is 0.602. The Morgan fingerprint density at radius 1 is 1.24 bits per heavy atom. The molecule has 0 radical (unpaired) electrons. The summed E-state index contributed by atoms with van der Waals surface area (Å²) in [7, 11) is 0. The summed E-state index contributed by atoms with van der Waals surface area (Å²) >= 11 is 3.44. The van der Waals surface area contributed by atoms with Crippen LogP contribution in [-0.4, -0.2) is 14.8 Å². The zero-order chi connectivity index (χ0) is 14.8. The van der Waals surface area contributed by atoms with Gasteiger partial charge in [0, 0.05) is 10.7 Å². The van der Waals surface area contributed by atoms with Crippen LogP contribution in [0.3, 0.4) is 0 Å². The maximum Gasteiger partial charge on any atom is 0.141 e. The van der Waals surface area contributed by atoms with Crippen molar-refractivity contribution >= 4 is 21.6 Å². The smallest absolute Gasteiger partial charge is 0.141 e. The number of anilines is 1. The SMILES string of the molecule is Nc1cn(Cc2cccc(Br)c2)nc1-c1ccc(F)cn1. The number of nitrogen functional groups attached to an aromatic ring is 1. The van der Waals surface area contributed by atoms with E-state index >= 15 is 0 Å². The standard InChI is InChI=1S/C15H12BrFN4/c16-11-3-1-2-10(6-11)8-21-9-13(18)15(20-21)14-5-4-12(17)7-19-14/h1-7,9H,8,18H2. The summed E-state index contributed by atoms with van der Waals surface area (Å²) in [5, 5.41) is 4.43. The Hall–Kier alpha value is -2.21. The van der Waals surface area contributed by atoms with Crippen molar-refractivity contribution in [3.8, 4) is 11.4 Å². The van der Waals surface area contributed by atoms with E-state index in [0.717, 1.165) is 16.2 Å². The second-order valence-corrected chi connectivity index (χ2v) is 5.54. The maximum absolute atomic E-state index is 12.9. The molecule has 0 saturated heterocycles.